The molecule has 4 rings (SSSR count). The third kappa shape index (κ3) is 3.35. The van der Waals surface area contributed by atoms with Crippen LogP contribution in [0.1, 0.15) is 22.8 Å². The molecule has 0 bridgehead atoms. The van der Waals surface area contributed by atoms with Gasteiger partial charge in [0.15, 0.2) is 0 Å². The standard InChI is InChI=1S/C22H18IN3O/c1-2-26-20-10-6-4-7-16(20)18-13-15(11-12-21(18)26)14-24-25-22(27)17-8-3-5-9-19(17)23/h3-14H,2H2,1H3,(H,25,27)/b24-14+. The molecule has 134 valence electrons. The van der Waals surface area contributed by atoms with Crippen molar-refractivity contribution < 1.29 is 4.79 Å². The van der Waals surface area contributed by atoms with Gasteiger partial charge in [-0.3, -0.25) is 4.79 Å². The van der Waals surface area contributed by atoms with Crippen LogP contribution >= 0.6 is 22.6 Å². The Morgan fingerprint density at radius 2 is 1.78 bits per heavy atom. The molecule has 0 aliphatic heterocycles. The first kappa shape index (κ1) is 17.7. The molecule has 5 heteroatoms. The molecule has 4 aromatic rings. The van der Waals surface area contributed by atoms with Crippen LogP contribution in [0, 0.1) is 3.57 Å². The zero-order valence-electron chi connectivity index (χ0n) is 14.8. The van der Waals surface area contributed by atoms with E-state index in [1.165, 1.54) is 21.8 Å². The Balaban J connectivity index is 1.63. The molecule has 1 amide bonds. The summed E-state index contributed by atoms with van der Waals surface area (Å²) in [6.45, 7) is 3.07. The first-order chi connectivity index (χ1) is 13.2. The minimum absolute atomic E-state index is 0.208. The number of aromatic nitrogens is 1. The molecule has 0 saturated carbocycles. The van der Waals surface area contributed by atoms with E-state index in [0.717, 1.165) is 15.7 Å². The maximum atomic E-state index is 12.3. The van der Waals surface area contributed by atoms with Crippen LogP contribution in [0.5, 0.6) is 0 Å². The molecule has 1 heterocycles. The molecular formula is C22H18IN3O. The molecule has 0 fully saturated rings. The highest BCUT2D eigenvalue weighted by molar-refractivity contribution is 14.1. The molecule has 0 aliphatic carbocycles. The maximum Gasteiger partial charge on any atom is 0.272 e. The van der Waals surface area contributed by atoms with Gasteiger partial charge in [0.05, 0.1) is 11.8 Å². The Morgan fingerprint density at radius 1 is 1.04 bits per heavy atom. The molecule has 1 aromatic heterocycles. The van der Waals surface area contributed by atoms with Gasteiger partial charge in [0.1, 0.15) is 0 Å². The number of halogens is 1. The third-order valence-corrected chi connectivity index (χ3v) is 5.55. The van der Waals surface area contributed by atoms with Gasteiger partial charge in [-0.15, -0.1) is 0 Å². The topological polar surface area (TPSA) is 46.4 Å². The van der Waals surface area contributed by atoms with E-state index in [0.29, 0.717) is 5.56 Å². The van der Waals surface area contributed by atoms with Crippen LogP contribution in [0.2, 0.25) is 0 Å². The lowest BCUT2D eigenvalue weighted by Crippen LogP contribution is -2.18. The largest absolute Gasteiger partial charge is 0.341 e. The van der Waals surface area contributed by atoms with E-state index < -0.39 is 0 Å². The average Bonchev–Trinajstić information content (AvgIpc) is 3.01. The van der Waals surface area contributed by atoms with Crippen molar-refractivity contribution in [3.63, 3.8) is 0 Å². The lowest BCUT2D eigenvalue weighted by atomic mass is 10.1. The summed E-state index contributed by atoms with van der Waals surface area (Å²) in [6, 6.07) is 22.1. The van der Waals surface area contributed by atoms with E-state index in [1.54, 1.807) is 12.3 Å². The number of carbonyl (C=O) groups is 1. The van der Waals surface area contributed by atoms with Crippen LogP contribution in [-0.2, 0) is 6.54 Å². The Hall–Kier alpha value is -2.67. The summed E-state index contributed by atoms with van der Waals surface area (Å²) < 4.78 is 3.21. The van der Waals surface area contributed by atoms with Gasteiger partial charge in [-0.1, -0.05) is 36.4 Å². The molecule has 0 spiro atoms. The van der Waals surface area contributed by atoms with E-state index >= 15 is 0 Å². The summed E-state index contributed by atoms with van der Waals surface area (Å²) in [4.78, 5) is 12.3. The Morgan fingerprint density at radius 3 is 2.59 bits per heavy atom. The summed E-state index contributed by atoms with van der Waals surface area (Å²) in [7, 11) is 0. The van der Waals surface area contributed by atoms with Crippen molar-refractivity contribution in [2.75, 3.05) is 0 Å². The van der Waals surface area contributed by atoms with Gasteiger partial charge < -0.3 is 4.57 Å². The van der Waals surface area contributed by atoms with Crippen molar-refractivity contribution in [2.45, 2.75) is 13.5 Å². The molecule has 0 atom stereocenters. The molecule has 27 heavy (non-hydrogen) atoms. The predicted molar refractivity (Wildman–Crippen MR) is 119 cm³/mol. The van der Waals surface area contributed by atoms with E-state index in [4.69, 9.17) is 0 Å². The fraction of sp³-hybridized carbons (Fsp3) is 0.0909. The summed E-state index contributed by atoms with van der Waals surface area (Å²) in [5.74, 6) is -0.208. The second-order valence-corrected chi connectivity index (χ2v) is 7.38. The SMILES string of the molecule is CCn1c2ccccc2c2cc(/C=N/NC(=O)c3ccccc3I)ccc21. The number of carbonyl (C=O) groups excluding carboxylic acids is 1. The number of nitrogens with one attached hydrogen (secondary N) is 1. The monoisotopic (exact) mass is 467 g/mol. The highest BCUT2D eigenvalue weighted by atomic mass is 127. The number of hydrogen-bond acceptors (Lipinski definition) is 2. The second kappa shape index (κ2) is 7.52. The van der Waals surface area contributed by atoms with Gasteiger partial charge in [-0.25, -0.2) is 5.43 Å². The summed E-state index contributed by atoms with van der Waals surface area (Å²) >= 11 is 2.15. The highest BCUT2D eigenvalue weighted by Crippen LogP contribution is 2.29. The van der Waals surface area contributed by atoms with Crippen molar-refractivity contribution in [1.29, 1.82) is 0 Å². The van der Waals surface area contributed by atoms with E-state index in [-0.39, 0.29) is 5.91 Å². The van der Waals surface area contributed by atoms with Crippen molar-refractivity contribution >= 4 is 56.5 Å². The van der Waals surface area contributed by atoms with E-state index in [1.807, 2.05) is 24.3 Å². The van der Waals surface area contributed by atoms with Crippen LogP contribution in [0.15, 0.2) is 71.8 Å². The van der Waals surface area contributed by atoms with E-state index in [9.17, 15) is 4.79 Å². The summed E-state index contributed by atoms with van der Waals surface area (Å²) in [6.07, 6.45) is 1.69. The fourth-order valence-electron chi connectivity index (χ4n) is 3.36. The number of hydrazone groups is 1. The predicted octanol–water partition coefficient (Wildman–Crippen LogP) is 5.18. The van der Waals surface area contributed by atoms with Crippen molar-refractivity contribution in [3.8, 4) is 0 Å². The van der Waals surface area contributed by atoms with Crippen molar-refractivity contribution in [2.24, 2.45) is 5.10 Å². The van der Waals surface area contributed by atoms with Crippen molar-refractivity contribution in [3.05, 3.63) is 81.4 Å². The number of benzene rings is 3. The molecule has 1 N–H and O–H groups in total. The fourth-order valence-corrected chi connectivity index (χ4v) is 4.00. The van der Waals surface area contributed by atoms with Crippen LogP contribution in [0.4, 0.5) is 0 Å². The van der Waals surface area contributed by atoms with Crippen LogP contribution in [0.25, 0.3) is 21.8 Å². The number of hydrogen-bond donors (Lipinski definition) is 1. The van der Waals surface area contributed by atoms with Crippen LogP contribution < -0.4 is 5.43 Å². The van der Waals surface area contributed by atoms with Crippen LogP contribution in [0.3, 0.4) is 0 Å². The Bertz CT molecular complexity index is 1180. The normalized spacial score (nSPS) is 11.5. The summed E-state index contributed by atoms with van der Waals surface area (Å²) in [5.41, 5.74) is 6.62. The highest BCUT2D eigenvalue weighted by Gasteiger charge is 2.10. The van der Waals surface area contributed by atoms with Gasteiger partial charge in [0.2, 0.25) is 0 Å². The zero-order chi connectivity index (χ0) is 18.8. The lowest BCUT2D eigenvalue weighted by molar-refractivity contribution is 0.0954. The molecule has 0 unspecified atom stereocenters. The number of rotatable bonds is 4. The first-order valence-corrected chi connectivity index (χ1v) is 9.86. The maximum absolute atomic E-state index is 12.3. The number of para-hydroxylation sites is 1. The molecule has 4 nitrogen and oxygen atoms in total. The minimum atomic E-state index is -0.208. The van der Waals surface area contributed by atoms with Gasteiger partial charge in [0.25, 0.3) is 5.91 Å². The van der Waals surface area contributed by atoms with E-state index in [2.05, 4.69) is 81.0 Å². The number of nitrogens with zero attached hydrogens (tertiary/aromatic N) is 2. The van der Waals surface area contributed by atoms with Gasteiger partial charge in [-0.05, 0) is 65.4 Å². The third-order valence-electron chi connectivity index (χ3n) is 4.61. The smallest absolute Gasteiger partial charge is 0.272 e. The lowest BCUT2D eigenvalue weighted by Gasteiger charge is -2.03. The zero-order valence-corrected chi connectivity index (χ0v) is 17.0. The van der Waals surface area contributed by atoms with Gasteiger partial charge in [-0.2, -0.15) is 5.10 Å². The van der Waals surface area contributed by atoms with Gasteiger partial charge in [0, 0.05) is 31.9 Å². The molecule has 0 saturated heterocycles. The molecule has 3 aromatic carbocycles. The number of aryl methyl sites for hydroxylation is 1. The average molecular weight is 467 g/mol. The quantitative estimate of drug-likeness (QED) is 0.251. The number of amides is 1. The molecule has 0 aliphatic rings. The first-order valence-electron chi connectivity index (χ1n) is 8.78. The number of fused-ring (bicyclic) bond motifs is 3. The Kier molecular flexibility index (Phi) is 4.94. The summed E-state index contributed by atoms with van der Waals surface area (Å²) in [5, 5.41) is 6.56. The minimum Gasteiger partial charge on any atom is -0.341 e. The molecular weight excluding hydrogens is 449 g/mol. The van der Waals surface area contributed by atoms with Gasteiger partial charge >= 0.3 is 0 Å². The van der Waals surface area contributed by atoms with Crippen molar-refractivity contribution in [1.82, 2.24) is 9.99 Å². The molecule has 0 radical (unpaired) electrons. The van der Waals surface area contributed by atoms with Crippen LogP contribution in [-0.4, -0.2) is 16.7 Å². The Labute approximate surface area is 171 Å². The second-order valence-electron chi connectivity index (χ2n) is 6.22.